The monoisotopic (exact) mass is 517 g/mol. The number of hydrogen-bond donors (Lipinski definition) is 2. The number of halogens is 1. The summed E-state index contributed by atoms with van der Waals surface area (Å²) in [5.74, 6) is -0.712. The van der Waals surface area contributed by atoms with Gasteiger partial charge in [0.05, 0.1) is 10.8 Å². The van der Waals surface area contributed by atoms with Gasteiger partial charge in [-0.25, -0.2) is 8.42 Å². The minimum absolute atomic E-state index is 0.132. The van der Waals surface area contributed by atoms with Gasteiger partial charge in [-0.2, -0.15) is 4.31 Å². The second-order valence-corrected chi connectivity index (χ2v) is 11.8. The van der Waals surface area contributed by atoms with Crippen LogP contribution in [0.2, 0.25) is 5.02 Å². The molecule has 35 heavy (non-hydrogen) atoms. The fourth-order valence-electron chi connectivity index (χ4n) is 4.98. The van der Waals surface area contributed by atoms with Crippen molar-refractivity contribution in [3.8, 4) is 0 Å². The molecule has 3 atom stereocenters. The number of aryl methyl sites for hydroxylation is 1. The molecule has 0 radical (unpaired) electrons. The summed E-state index contributed by atoms with van der Waals surface area (Å²) in [5.41, 5.74) is 1.55. The molecule has 188 valence electrons. The third-order valence-corrected chi connectivity index (χ3v) is 9.14. The number of rotatable bonds is 6. The molecule has 0 aromatic heterocycles. The van der Waals surface area contributed by atoms with Crippen LogP contribution in [0.15, 0.2) is 53.4 Å². The van der Waals surface area contributed by atoms with Crippen LogP contribution in [0.3, 0.4) is 0 Å². The molecule has 0 spiro atoms. The van der Waals surface area contributed by atoms with Crippen molar-refractivity contribution in [3.63, 3.8) is 0 Å². The van der Waals surface area contributed by atoms with Gasteiger partial charge in [-0.05, 0) is 68.5 Å². The molecule has 2 aromatic carbocycles. The Morgan fingerprint density at radius 3 is 2.26 bits per heavy atom. The molecule has 1 heterocycles. The molecule has 1 saturated heterocycles. The van der Waals surface area contributed by atoms with E-state index in [0.717, 1.165) is 31.2 Å². The molecule has 2 N–H and O–H groups in total. The molecule has 7 nitrogen and oxygen atoms in total. The highest BCUT2D eigenvalue weighted by molar-refractivity contribution is 7.89. The zero-order chi connectivity index (χ0) is 25.0. The molecule has 2 aliphatic rings. The van der Waals surface area contributed by atoms with Crippen LogP contribution in [0, 0.1) is 12.8 Å². The molecular weight excluding hydrogens is 486 g/mol. The number of carbonyl (C=O) groups excluding carboxylic acids is 2. The maximum atomic E-state index is 13.2. The van der Waals surface area contributed by atoms with Gasteiger partial charge in [-0.3, -0.25) is 9.59 Å². The molecule has 2 fully saturated rings. The van der Waals surface area contributed by atoms with E-state index in [1.165, 1.54) is 16.4 Å². The van der Waals surface area contributed by atoms with Crippen LogP contribution >= 0.6 is 11.6 Å². The summed E-state index contributed by atoms with van der Waals surface area (Å²) < 4.78 is 27.6. The Labute approximate surface area is 212 Å². The summed E-state index contributed by atoms with van der Waals surface area (Å²) in [6, 6.07) is 13.2. The van der Waals surface area contributed by atoms with E-state index in [1.54, 1.807) is 18.2 Å². The van der Waals surface area contributed by atoms with E-state index < -0.39 is 15.9 Å². The fourth-order valence-corrected chi connectivity index (χ4v) is 6.63. The highest BCUT2D eigenvalue weighted by atomic mass is 35.5. The summed E-state index contributed by atoms with van der Waals surface area (Å²) in [6.45, 7) is 2.43. The van der Waals surface area contributed by atoms with E-state index in [9.17, 15) is 18.0 Å². The average Bonchev–Trinajstić information content (AvgIpc) is 2.86. The fraction of sp³-hybridized carbons (Fsp3) is 0.462. The number of nitrogens with zero attached hydrogens (tertiary/aromatic N) is 1. The standard InChI is InChI=1S/C26H32ClN3O4S/c1-18-7-2-3-9-22(18)26(32)29-24-11-5-4-10-23(24)28-25(31)19-8-6-16-30(17-19)35(33,34)21-14-12-20(27)13-15-21/h2-3,7,9,12-15,19,23-24H,4-6,8,10-11,16-17H2,1H3,(H,28,31)(H,29,32)/t19?,23-,24-/m1/s1. The number of sulfonamides is 1. The summed E-state index contributed by atoms with van der Waals surface area (Å²) in [7, 11) is -3.70. The van der Waals surface area contributed by atoms with Crippen LogP contribution in [-0.4, -0.2) is 49.7 Å². The summed E-state index contributed by atoms with van der Waals surface area (Å²) in [4.78, 5) is 26.3. The lowest BCUT2D eigenvalue weighted by molar-refractivity contribution is -0.127. The Balaban J connectivity index is 1.40. The maximum absolute atomic E-state index is 13.2. The molecule has 1 saturated carbocycles. The van der Waals surface area contributed by atoms with Crippen LogP contribution in [0.25, 0.3) is 0 Å². The van der Waals surface area contributed by atoms with Gasteiger partial charge in [-0.1, -0.05) is 42.6 Å². The van der Waals surface area contributed by atoms with Crippen molar-refractivity contribution in [3.05, 3.63) is 64.7 Å². The summed E-state index contributed by atoms with van der Waals surface area (Å²) in [5, 5.41) is 6.73. The second kappa shape index (κ2) is 11.1. The van der Waals surface area contributed by atoms with E-state index in [1.807, 2.05) is 25.1 Å². The Kier molecular flexibility index (Phi) is 8.14. The van der Waals surface area contributed by atoms with E-state index in [0.29, 0.717) is 30.0 Å². The molecule has 1 unspecified atom stereocenters. The van der Waals surface area contributed by atoms with Gasteiger partial charge in [0.15, 0.2) is 0 Å². The highest BCUT2D eigenvalue weighted by Crippen LogP contribution is 2.26. The van der Waals surface area contributed by atoms with E-state index in [2.05, 4.69) is 10.6 Å². The lowest BCUT2D eigenvalue weighted by Crippen LogP contribution is -2.55. The molecule has 2 aromatic rings. The van der Waals surface area contributed by atoms with Gasteiger partial charge < -0.3 is 10.6 Å². The van der Waals surface area contributed by atoms with E-state index in [-0.39, 0.29) is 35.3 Å². The molecule has 1 aliphatic heterocycles. The molecule has 2 amide bonds. The first-order valence-electron chi connectivity index (χ1n) is 12.2. The predicted octanol–water partition coefficient (Wildman–Crippen LogP) is 3.91. The van der Waals surface area contributed by atoms with Gasteiger partial charge in [0.1, 0.15) is 0 Å². The molecule has 9 heteroatoms. The predicted molar refractivity (Wildman–Crippen MR) is 136 cm³/mol. The van der Waals surface area contributed by atoms with Crippen molar-refractivity contribution in [2.75, 3.05) is 13.1 Å². The molecule has 0 bridgehead atoms. The smallest absolute Gasteiger partial charge is 0.251 e. The van der Waals surface area contributed by atoms with Gasteiger partial charge >= 0.3 is 0 Å². The van der Waals surface area contributed by atoms with Crippen LogP contribution in [0.5, 0.6) is 0 Å². The minimum atomic E-state index is -3.70. The highest BCUT2D eigenvalue weighted by Gasteiger charge is 2.35. The van der Waals surface area contributed by atoms with Crippen molar-refractivity contribution in [2.24, 2.45) is 5.92 Å². The topological polar surface area (TPSA) is 95.6 Å². The van der Waals surface area contributed by atoms with Crippen LogP contribution in [-0.2, 0) is 14.8 Å². The van der Waals surface area contributed by atoms with Crippen LogP contribution < -0.4 is 10.6 Å². The van der Waals surface area contributed by atoms with Crippen molar-refractivity contribution in [1.82, 2.24) is 14.9 Å². The number of nitrogens with one attached hydrogen (secondary N) is 2. The zero-order valence-electron chi connectivity index (χ0n) is 19.9. The number of hydrogen-bond acceptors (Lipinski definition) is 4. The quantitative estimate of drug-likeness (QED) is 0.607. The maximum Gasteiger partial charge on any atom is 0.251 e. The largest absolute Gasteiger partial charge is 0.351 e. The van der Waals surface area contributed by atoms with Crippen LogP contribution in [0.4, 0.5) is 0 Å². The Morgan fingerprint density at radius 1 is 0.914 bits per heavy atom. The molecule has 1 aliphatic carbocycles. The SMILES string of the molecule is Cc1ccccc1C(=O)N[C@@H]1CCCC[C@H]1NC(=O)C1CCCN(S(=O)(=O)c2ccc(Cl)cc2)C1. The Hall–Kier alpha value is -2.42. The lowest BCUT2D eigenvalue weighted by Gasteiger charge is -2.36. The Bertz CT molecular complexity index is 1170. The van der Waals surface area contributed by atoms with Crippen molar-refractivity contribution >= 4 is 33.4 Å². The second-order valence-electron chi connectivity index (χ2n) is 9.45. The van der Waals surface area contributed by atoms with Crippen molar-refractivity contribution < 1.29 is 18.0 Å². The van der Waals surface area contributed by atoms with Gasteiger partial charge in [-0.15, -0.1) is 0 Å². The van der Waals surface area contributed by atoms with E-state index in [4.69, 9.17) is 11.6 Å². The third kappa shape index (κ3) is 6.05. The van der Waals surface area contributed by atoms with E-state index >= 15 is 0 Å². The summed E-state index contributed by atoms with van der Waals surface area (Å²) >= 11 is 5.90. The summed E-state index contributed by atoms with van der Waals surface area (Å²) in [6.07, 6.45) is 4.79. The normalized spacial score (nSPS) is 23.4. The van der Waals surface area contributed by atoms with Gasteiger partial charge in [0.2, 0.25) is 15.9 Å². The first-order valence-corrected chi connectivity index (χ1v) is 14.0. The number of piperidine rings is 1. The minimum Gasteiger partial charge on any atom is -0.351 e. The van der Waals surface area contributed by atoms with Crippen molar-refractivity contribution in [1.29, 1.82) is 0 Å². The van der Waals surface area contributed by atoms with Gasteiger partial charge in [0.25, 0.3) is 5.91 Å². The average molecular weight is 518 g/mol. The lowest BCUT2D eigenvalue weighted by atomic mass is 9.89. The zero-order valence-corrected chi connectivity index (χ0v) is 21.4. The first-order chi connectivity index (χ1) is 16.8. The molecular formula is C26H32ClN3O4S. The number of amides is 2. The van der Waals surface area contributed by atoms with Crippen LogP contribution in [0.1, 0.15) is 54.4 Å². The Morgan fingerprint density at radius 2 is 1.57 bits per heavy atom. The third-order valence-electron chi connectivity index (χ3n) is 7.01. The first kappa shape index (κ1) is 25.7. The van der Waals surface area contributed by atoms with Crippen molar-refractivity contribution in [2.45, 2.75) is 62.4 Å². The number of benzene rings is 2. The molecule has 4 rings (SSSR count). The van der Waals surface area contributed by atoms with Gasteiger partial charge in [0, 0.05) is 35.8 Å². The number of carbonyl (C=O) groups is 2.